The largest absolute Gasteiger partial charge is 0.497 e. The van der Waals surface area contributed by atoms with Crippen molar-refractivity contribution in [2.24, 2.45) is 11.8 Å². The Morgan fingerprint density at radius 3 is 2.36 bits per heavy atom. The van der Waals surface area contributed by atoms with Gasteiger partial charge in [0.2, 0.25) is 17.7 Å². The van der Waals surface area contributed by atoms with E-state index in [2.05, 4.69) is 13.8 Å². The average molecular weight is 459 g/mol. The van der Waals surface area contributed by atoms with Crippen LogP contribution in [0.4, 0.5) is 0 Å². The molecule has 0 spiro atoms. The lowest BCUT2D eigenvalue weighted by Crippen LogP contribution is -2.46. The van der Waals surface area contributed by atoms with Crippen molar-refractivity contribution >= 4 is 17.7 Å². The van der Waals surface area contributed by atoms with Crippen LogP contribution in [0.1, 0.15) is 64.9 Å². The summed E-state index contributed by atoms with van der Waals surface area (Å²) in [6, 6.07) is 7.14. The van der Waals surface area contributed by atoms with Gasteiger partial charge < -0.3 is 14.7 Å². The fourth-order valence-electron chi connectivity index (χ4n) is 5.03. The summed E-state index contributed by atoms with van der Waals surface area (Å²) in [6.07, 6.45) is 2.60. The Bertz CT molecular complexity index is 845. The smallest absolute Gasteiger partial charge is 0.240 e. The zero-order valence-electron chi connectivity index (χ0n) is 20.4. The molecule has 2 atom stereocenters. The summed E-state index contributed by atoms with van der Waals surface area (Å²) in [7, 11) is 1.57. The molecule has 0 aliphatic carbocycles. The van der Waals surface area contributed by atoms with Crippen molar-refractivity contribution in [1.82, 2.24) is 9.80 Å². The van der Waals surface area contributed by atoms with E-state index in [1.807, 2.05) is 6.92 Å². The molecule has 7 heteroatoms. The summed E-state index contributed by atoms with van der Waals surface area (Å²) in [5, 5.41) is 10.2. The third-order valence-corrected chi connectivity index (χ3v) is 7.29. The Morgan fingerprint density at radius 1 is 1.18 bits per heavy atom. The number of aliphatic hydroxyl groups excluding tert-OH is 1. The van der Waals surface area contributed by atoms with Crippen molar-refractivity contribution in [3.05, 3.63) is 29.8 Å². The number of rotatable bonds is 9. The number of carbonyl (C=O) groups is 3. The van der Waals surface area contributed by atoms with E-state index in [1.165, 1.54) is 4.90 Å². The van der Waals surface area contributed by atoms with Gasteiger partial charge in [-0.1, -0.05) is 32.9 Å². The van der Waals surface area contributed by atoms with Crippen LogP contribution in [0.15, 0.2) is 24.3 Å². The van der Waals surface area contributed by atoms with Crippen molar-refractivity contribution in [1.29, 1.82) is 0 Å². The standard InChI is InChI=1S/C26H38N2O5/c1-5-22(29)19-11-13-27(14-12-19)23(30)16-26(20-6-8-21(33-4)9-7-20)17-24(31)28(25(26)32)15-10-18(2)3/h6-9,18-19,22,29H,5,10-17H2,1-4H3. The average Bonchev–Trinajstić information content (AvgIpc) is 3.06. The highest BCUT2D eigenvalue weighted by Gasteiger charge is 2.54. The topological polar surface area (TPSA) is 87.2 Å². The molecule has 2 saturated heterocycles. The molecule has 2 unspecified atom stereocenters. The Hall–Kier alpha value is -2.41. The Kier molecular flexibility index (Phi) is 8.16. The van der Waals surface area contributed by atoms with Crippen LogP contribution in [-0.2, 0) is 19.8 Å². The number of hydrogen-bond donors (Lipinski definition) is 1. The van der Waals surface area contributed by atoms with E-state index in [9.17, 15) is 19.5 Å². The lowest BCUT2D eigenvalue weighted by Gasteiger charge is -2.36. The molecule has 1 N–H and O–H groups in total. The zero-order valence-corrected chi connectivity index (χ0v) is 20.4. The summed E-state index contributed by atoms with van der Waals surface area (Å²) < 4.78 is 5.26. The second kappa shape index (κ2) is 10.7. The number of nitrogens with zero attached hydrogens (tertiary/aromatic N) is 2. The van der Waals surface area contributed by atoms with Crippen molar-refractivity contribution < 1.29 is 24.2 Å². The highest BCUT2D eigenvalue weighted by molar-refractivity contribution is 6.10. The lowest BCUT2D eigenvalue weighted by atomic mass is 9.75. The van der Waals surface area contributed by atoms with Crippen LogP contribution in [-0.4, -0.2) is 65.5 Å². The number of piperidine rings is 1. The zero-order chi connectivity index (χ0) is 24.2. The molecule has 1 aromatic rings. The van der Waals surface area contributed by atoms with Gasteiger partial charge in [-0.2, -0.15) is 0 Å². The first-order valence-corrected chi connectivity index (χ1v) is 12.2. The summed E-state index contributed by atoms with van der Waals surface area (Å²) in [6.45, 7) is 7.60. The molecule has 2 heterocycles. The van der Waals surface area contributed by atoms with Crippen molar-refractivity contribution in [2.45, 2.75) is 70.8 Å². The highest BCUT2D eigenvalue weighted by atomic mass is 16.5. The van der Waals surface area contributed by atoms with Crippen LogP contribution in [0.3, 0.4) is 0 Å². The van der Waals surface area contributed by atoms with Gasteiger partial charge in [-0.15, -0.1) is 0 Å². The van der Waals surface area contributed by atoms with Gasteiger partial charge in [0.1, 0.15) is 5.75 Å². The van der Waals surface area contributed by atoms with Crippen molar-refractivity contribution in [3.8, 4) is 5.75 Å². The van der Waals surface area contributed by atoms with Crippen molar-refractivity contribution in [2.75, 3.05) is 26.7 Å². The van der Waals surface area contributed by atoms with Crippen LogP contribution < -0.4 is 4.74 Å². The van der Waals surface area contributed by atoms with E-state index in [0.29, 0.717) is 43.3 Å². The minimum absolute atomic E-state index is 0.00696. The van der Waals surface area contributed by atoms with E-state index in [4.69, 9.17) is 4.74 Å². The maximum Gasteiger partial charge on any atom is 0.240 e. The first kappa shape index (κ1) is 25.2. The Morgan fingerprint density at radius 2 is 1.82 bits per heavy atom. The first-order chi connectivity index (χ1) is 15.7. The molecule has 3 rings (SSSR count). The third kappa shape index (κ3) is 5.40. The molecule has 0 radical (unpaired) electrons. The number of benzene rings is 1. The number of methoxy groups -OCH3 is 1. The van der Waals surface area contributed by atoms with E-state index in [-0.39, 0.29) is 42.6 Å². The van der Waals surface area contributed by atoms with Gasteiger partial charge in [0, 0.05) is 32.5 Å². The number of imide groups is 1. The van der Waals surface area contributed by atoms with Crippen LogP contribution >= 0.6 is 0 Å². The fourth-order valence-corrected chi connectivity index (χ4v) is 5.03. The van der Waals surface area contributed by atoms with Gasteiger partial charge in [-0.05, 0) is 55.2 Å². The molecule has 182 valence electrons. The van der Waals surface area contributed by atoms with Gasteiger partial charge in [0.25, 0.3) is 0 Å². The first-order valence-electron chi connectivity index (χ1n) is 12.2. The summed E-state index contributed by atoms with van der Waals surface area (Å²) in [5.41, 5.74) is -0.504. The summed E-state index contributed by atoms with van der Waals surface area (Å²) >= 11 is 0. The van der Waals surface area contributed by atoms with Crippen molar-refractivity contribution in [3.63, 3.8) is 0 Å². The maximum atomic E-state index is 13.7. The predicted molar refractivity (Wildman–Crippen MR) is 126 cm³/mol. The molecule has 2 aliphatic heterocycles. The van der Waals surface area contributed by atoms with Crippen LogP contribution in [0.25, 0.3) is 0 Å². The monoisotopic (exact) mass is 458 g/mol. The van der Waals surface area contributed by atoms with Gasteiger partial charge >= 0.3 is 0 Å². The van der Waals surface area contributed by atoms with E-state index in [0.717, 1.165) is 19.3 Å². The maximum absolute atomic E-state index is 13.7. The van der Waals surface area contributed by atoms with Gasteiger partial charge in [0.05, 0.1) is 18.6 Å². The molecule has 0 saturated carbocycles. The molecule has 0 aromatic heterocycles. The quantitative estimate of drug-likeness (QED) is 0.575. The van der Waals surface area contributed by atoms with Crippen LogP contribution in [0.2, 0.25) is 0 Å². The number of ether oxygens (including phenoxy) is 1. The van der Waals surface area contributed by atoms with Crippen LogP contribution in [0.5, 0.6) is 5.75 Å². The van der Waals surface area contributed by atoms with Gasteiger partial charge in [-0.3, -0.25) is 19.3 Å². The Labute approximate surface area is 197 Å². The third-order valence-electron chi connectivity index (χ3n) is 7.29. The second-order valence-electron chi connectivity index (χ2n) is 9.89. The number of carbonyl (C=O) groups excluding carboxylic acids is 3. The van der Waals surface area contributed by atoms with Gasteiger partial charge in [0.15, 0.2) is 0 Å². The molecule has 7 nitrogen and oxygen atoms in total. The molecule has 1 aromatic carbocycles. The molecule has 2 aliphatic rings. The minimum atomic E-state index is -1.18. The molecular formula is C26H38N2O5. The number of hydrogen-bond acceptors (Lipinski definition) is 5. The fraction of sp³-hybridized carbons (Fsp3) is 0.654. The number of amides is 3. The predicted octanol–water partition coefficient (Wildman–Crippen LogP) is 3.14. The van der Waals surface area contributed by atoms with E-state index < -0.39 is 5.41 Å². The minimum Gasteiger partial charge on any atom is -0.497 e. The lowest BCUT2D eigenvalue weighted by molar-refractivity contribution is -0.143. The SMILES string of the molecule is CCC(O)C1CCN(C(=O)CC2(c3ccc(OC)cc3)CC(=O)N(CCC(C)C)C2=O)CC1. The molecule has 3 amide bonds. The number of aliphatic hydroxyl groups is 1. The summed E-state index contributed by atoms with van der Waals surface area (Å²) in [4.78, 5) is 43.1. The van der Waals surface area contributed by atoms with Crippen LogP contribution in [0, 0.1) is 11.8 Å². The Balaban J connectivity index is 1.83. The second-order valence-corrected chi connectivity index (χ2v) is 9.89. The summed E-state index contributed by atoms with van der Waals surface area (Å²) in [5.74, 6) is 0.628. The molecule has 0 bridgehead atoms. The van der Waals surface area contributed by atoms with Gasteiger partial charge in [-0.25, -0.2) is 0 Å². The number of likely N-dealkylation sites (tertiary alicyclic amines) is 2. The molecular weight excluding hydrogens is 420 g/mol. The normalized spacial score (nSPS) is 22.8. The van der Waals surface area contributed by atoms with E-state index in [1.54, 1.807) is 36.3 Å². The van der Waals surface area contributed by atoms with E-state index >= 15 is 0 Å². The molecule has 2 fully saturated rings. The highest BCUT2D eigenvalue weighted by Crippen LogP contribution is 2.41. The molecule has 33 heavy (non-hydrogen) atoms.